The van der Waals surface area contributed by atoms with Crippen LogP contribution in [0.4, 0.5) is 5.69 Å². The number of primary amides is 1. The number of hydrogen-bond acceptors (Lipinski definition) is 7. The van der Waals surface area contributed by atoms with Gasteiger partial charge in [0.1, 0.15) is 5.01 Å². The molecule has 1 aromatic carbocycles. The molecular weight excluding hydrogens is 408 g/mol. The van der Waals surface area contributed by atoms with Crippen LogP contribution in [-0.2, 0) is 21.1 Å². The molecule has 2 aromatic heterocycles. The third-order valence-corrected chi connectivity index (χ3v) is 8.49. The molecule has 1 aliphatic carbocycles. The fraction of sp³-hybridized carbons (Fsp3) is 0.350. The Balaban J connectivity index is 1.90. The van der Waals surface area contributed by atoms with Crippen molar-refractivity contribution in [1.29, 1.82) is 0 Å². The normalized spacial score (nSPS) is 15.6. The first kappa shape index (κ1) is 19.8. The number of sulfone groups is 1. The molecule has 0 saturated heterocycles. The maximum atomic E-state index is 13.4. The number of para-hydroxylation sites is 1. The summed E-state index contributed by atoms with van der Waals surface area (Å²) < 4.78 is 27.7. The van der Waals surface area contributed by atoms with E-state index in [0.717, 1.165) is 24.0 Å². The van der Waals surface area contributed by atoms with Crippen molar-refractivity contribution in [3.05, 3.63) is 35.5 Å². The van der Waals surface area contributed by atoms with Gasteiger partial charge in [-0.05, 0) is 25.0 Å². The third kappa shape index (κ3) is 3.72. The highest BCUT2D eigenvalue weighted by Gasteiger charge is 2.33. The van der Waals surface area contributed by atoms with Crippen molar-refractivity contribution in [3.8, 4) is 11.1 Å². The summed E-state index contributed by atoms with van der Waals surface area (Å²) in [5.74, 6) is -0.466. The molecule has 1 amide bonds. The van der Waals surface area contributed by atoms with E-state index in [9.17, 15) is 13.2 Å². The Bertz CT molecular complexity index is 1180. The predicted octanol–water partition coefficient (Wildman–Crippen LogP) is 3.07. The second kappa shape index (κ2) is 7.72. The van der Waals surface area contributed by atoms with Gasteiger partial charge in [0.15, 0.2) is 14.9 Å². The Morgan fingerprint density at radius 1 is 1.17 bits per heavy atom. The number of carbonyl (C=O) groups excluding carboxylic acids is 1. The zero-order chi connectivity index (χ0) is 20.6. The molecule has 1 saturated carbocycles. The average molecular weight is 431 g/mol. The Morgan fingerprint density at radius 2 is 1.93 bits per heavy atom. The quantitative estimate of drug-likeness (QED) is 0.640. The number of rotatable bonds is 5. The number of aromatic nitrogens is 2. The highest BCUT2D eigenvalue weighted by Crippen LogP contribution is 2.40. The van der Waals surface area contributed by atoms with Gasteiger partial charge in [-0.15, -0.1) is 11.3 Å². The van der Waals surface area contributed by atoms with E-state index in [2.05, 4.69) is 9.97 Å². The van der Waals surface area contributed by atoms with Crippen molar-refractivity contribution in [2.75, 3.05) is 5.73 Å². The maximum Gasteiger partial charge on any atom is 0.224 e. The molecule has 4 rings (SSSR count). The number of nitrogens with zero attached hydrogens (tertiary/aromatic N) is 2. The summed E-state index contributed by atoms with van der Waals surface area (Å²) in [5, 5.41) is 0.157. The predicted molar refractivity (Wildman–Crippen MR) is 114 cm³/mol. The van der Waals surface area contributed by atoms with Gasteiger partial charge < -0.3 is 11.5 Å². The van der Waals surface area contributed by atoms with Crippen LogP contribution in [0.2, 0.25) is 0 Å². The topological polar surface area (TPSA) is 129 Å². The number of amides is 1. The number of benzene rings is 1. The van der Waals surface area contributed by atoms with Gasteiger partial charge in [-0.2, -0.15) is 0 Å². The number of anilines is 1. The molecule has 0 bridgehead atoms. The average Bonchev–Trinajstić information content (AvgIpc) is 3.10. The van der Waals surface area contributed by atoms with Crippen LogP contribution in [0, 0.1) is 0 Å². The fourth-order valence-electron chi connectivity index (χ4n) is 3.90. The maximum absolute atomic E-state index is 13.4. The standard InChI is InChI=1S/C20H22N4O3S2/c21-14-9-10-23-20(29(26,27)12-5-2-1-3-6-12)18(14)13-7-4-8-15-19(13)24-17(28-15)11-16(22)25/h4,7-10,12H,1-3,5-6,11H2,(H2,21,23)(H2,22,25). The molecule has 0 atom stereocenters. The van der Waals surface area contributed by atoms with E-state index in [-0.39, 0.29) is 11.4 Å². The van der Waals surface area contributed by atoms with E-state index < -0.39 is 21.0 Å². The van der Waals surface area contributed by atoms with Crippen LogP contribution in [0.25, 0.3) is 21.3 Å². The van der Waals surface area contributed by atoms with Gasteiger partial charge in [0.25, 0.3) is 0 Å². The lowest BCUT2D eigenvalue weighted by Crippen LogP contribution is -2.25. The monoisotopic (exact) mass is 430 g/mol. The number of hydrogen-bond donors (Lipinski definition) is 2. The van der Waals surface area contributed by atoms with Crippen LogP contribution in [0.1, 0.15) is 37.1 Å². The summed E-state index contributed by atoms with van der Waals surface area (Å²) in [5.41, 5.74) is 13.5. The van der Waals surface area contributed by atoms with Crippen LogP contribution in [-0.4, -0.2) is 29.5 Å². The van der Waals surface area contributed by atoms with E-state index in [1.807, 2.05) is 12.1 Å². The minimum Gasteiger partial charge on any atom is -0.398 e. The lowest BCUT2D eigenvalue weighted by molar-refractivity contribution is -0.117. The molecule has 0 aliphatic heterocycles. The van der Waals surface area contributed by atoms with Gasteiger partial charge in [0.05, 0.1) is 21.9 Å². The van der Waals surface area contributed by atoms with Gasteiger partial charge in [-0.1, -0.05) is 31.4 Å². The molecule has 9 heteroatoms. The molecule has 0 spiro atoms. The summed E-state index contributed by atoms with van der Waals surface area (Å²) >= 11 is 1.36. The van der Waals surface area contributed by atoms with Crippen molar-refractivity contribution >= 4 is 43.0 Å². The zero-order valence-corrected chi connectivity index (χ0v) is 17.4. The van der Waals surface area contributed by atoms with Crippen LogP contribution >= 0.6 is 11.3 Å². The van der Waals surface area contributed by atoms with Crippen LogP contribution in [0.15, 0.2) is 35.5 Å². The first-order valence-corrected chi connectivity index (χ1v) is 11.9. The van der Waals surface area contributed by atoms with Crippen molar-refractivity contribution in [2.24, 2.45) is 5.73 Å². The summed E-state index contributed by atoms with van der Waals surface area (Å²) in [6, 6.07) is 7.10. The molecule has 152 valence electrons. The SMILES string of the molecule is NC(=O)Cc1nc2c(-c3c(N)ccnc3S(=O)(=O)C3CCCCC3)cccc2s1. The first-order chi connectivity index (χ1) is 13.9. The molecule has 0 unspecified atom stereocenters. The summed E-state index contributed by atoms with van der Waals surface area (Å²) in [6.45, 7) is 0. The number of thiazole rings is 1. The second-order valence-corrected chi connectivity index (χ2v) is 10.5. The number of nitrogen functional groups attached to an aromatic ring is 1. The number of carbonyl (C=O) groups is 1. The van der Waals surface area contributed by atoms with Crippen molar-refractivity contribution < 1.29 is 13.2 Å². The van der Waals surface area contributed by atoms with E-state index in [1.165, 1.54) is 17.5 Å². The lowest BCUT2D eigenvalue weighted by Gasteiger charge is -2.23. The van der Waals surface area contributed by atoms with E-state index in [0.29, 0.717) is 40.2 Å². The van der Waals surface area contributed by atoms with Crippen LogP contribution < -0.4 is 11.5 Å². The summed E-state index contributed by atoms with van der Waals surface area (Å²) in [7, 11) is -3.63. The number of nitrogens with two attached hydrogens (primary N) is 2. The van der Waals surface area contributed by atoms with Crippen molar-refractivity contribution in [1.82, 2.24) is 9.97 Å². The molecule has 29 heavy (non-hydrogen) atoms. The summed E-state index contributed by atoms with van der Waals surface area (Å²) in [6.07, 6.45) is 5.62. The molecule has 0 radical (unpaired) electrons. The number of fused-ring (bicyclic) bond motifs is 1. The highest BCUT2D eigenvalue weighted by molar-refractivity contribution is 7.92. The molecule has 1 fully saturated rings. The Morgan fingerprint density at radius 3 is 2.66 bits per heavy atom. The minimum atomic E-state index is -3.63. The van der Waals surface area contributed by atoms with Crippen molar-refractivity contribution in [2.45, 2.75) is 48.8 Å². The first-order valence-electron chi connectivity index (χ1n) is 9.53. The Kier molecular flexibility index (Phi) is 5.26. The molecular formula is C20H22N4O3S2. The largest absolute Gasteiger partial charge is 0.398 e. The highest BCUT2D eigenvalue weighted by atomic mass is 32.2. The molecule has 4 N–H and O–H groups in total. The van der Waals surface area contributed by atoms with E-state index in [1.54, 1.807) is 12.1 Å². The van der Waals surface area contributed by atoms with Gasteiger partial charge in [-0.25, -0.2) is 18.4 Å². The molecule has 2 heterocycles. The number of pyridine rings is 1. The lowest BCUT2D eigenvalue weighted by atomic mass is 10.0. The third-order valence-electron chi connectivity index (χ3n) is 5.27. The smallest absolute Gasteiger partial charge is 0.224 e. The Labute approximate surface area is 173 Å². The van der Waals surface area contributed by atoms with E-state index >= 15 is 0 Å². The molecule has 7 nitrogen and oxygen atoms in total. The Hall–Kier alpha value is -2.52. The van der Waals surface area contributed by atoms with Crippen LogP contribution in [0.3, 0.4) is 0 Å². The van der Waals surface area contributed by atoms with Crippen molar-refractivity contribution in [3.63, 3.8) is 0 Å². The molecule has 3 aromatic rings. The molecule has 1 aliphatic rings. The van der Waals surface area contributed by atoms with Gasteiger partial charge >= 0.3 is 0 Å². The zero-order valence-electron chi connectivity index (χ0n) is 15.8. The minimum absolute atomic E-state index is 0.0151. The van der Waals surface area contributed by atoms with Gasteiger partial charge in [0.2, 0.25) is 5.91 Å². The van der Waals surface area contributed by atoms with E-state index in [4.69, 9.17) is 11.5 Å². The second-order valence-electron chi connectivity index (χ2n) is 7.29. The van der Waals surface area contributed by atoms with Gasteiger partial charge in [0, 0.05) is 23.0 Å². The summed E-state index contributed by atoms with van der Waals surface area (Å²) in [4.78, 5) is 20.1. The van der Waals surface area contributed by atoms with Gasteiger partial charge in [-0.3, -0.25) is 4.79 Å². The fourth-order valence-corrected chi connectivity index (χ4v) is 6.89. The van der Waals surface area contributed by atoms with Crippen LogP contribution in [0.5, 0.6) is 0 Å².